The van der Waals surface area contributed by atoms with Crippen LogP contribution in [0.25, 0.3) is 5.69 Å². The molecule has 0 aliphatic carbocycles. The largest absolute Gasteiger partial charge is 0.330 e. The molecule has 1 aromatic heterocycles. The maximum absolute atomic E-state index is 12.7. The summed E-state index contributed by atoms with van der Waals surface area (Å²) < 4.78 is 14.5. The molecule has 4 heteroatoms. The van der Waals surface area contributed by atoms with Gasteiger partial charge in [-0.3, -0.25) is 0 Å². The summed E-state index contributed by atoms with van der Waals surface area (Å²) in [5, 5.41) is 4.22. The van der Waals surface area contributed by atoms with Crippen LogP contribution in [0.3, 0.4) is 0 Å². The van der Waals surface area contributed by atoms with E-state index < -0.39 is 0 Å². The Morgan fingerprint density at radius 1 is 1.38 bits per heavy atom. The molecule has 1 heterocycles. The second-order valence-electron chi connectivity index (χ2n) is 3.83. The third-order valence-corrected chi connectivity index (χ3v) is 2.62. The highest BCUT2D eigenvalue weighted by Gasteiger charge is 2.06. The number of hydrogen-bond donors (Lipinski definition) is 1. The Labute approximate surface area is 93.7 Å². The fraction of sp³-hybridized carbons (Fsp3) is 0.250. The van der Waals surface area contributed by atoms with E-state index in [0.29, 0.717) is 6.54 Å². The second-order valence-corrected chi connectivity index (χ2v) is 3.83. The Kier molecular flexibility index (Phi) is 3.01. The molecule has 0 aliphatic heterocycles. The number of benzene rings is 1. The summed E-state index contributed by atoms with van der Waals surface area (Å²) in [4.78, 5) is 0. The van der Waals surface area contributed by atoms with E-state index in [4.69, 9.17) is 5.73 Å². The fourth-order valence-corrected chi connectivity index (χ4v) is 1.46. The average molecular weight is 219 g/mol. The Morgan fingerprint density at radius 2 is 2.06 bits per heavy atom. The van der Waals surface area contributed by atoms with E-state index in [2.05, 4.69) is 5.10 Å². The predicted octanol–water partition coefficient (Wildman–Crippen LogP) is 2.07. The summed E-state index contributed by atoms with van der Waals surface area (Å²) >= 11 is 0. The average Bonchev–Trinajstić information content (AvgIpc) is 2.78. The number of nitrogens with two attached hydrogens (primary N) is 1. The van der Waals surface area contributed by atoms with Crippen LogP contribution in [0.2, 0.25) is 0 Å². The van der Waals surface area contributed by atoms with Crippen molar-refractivity contribution < 1.29 is 4.39 Å². The van der Waals surface area contributed by atoms with Gasteiger partial charge in [-0.15, -0.1) is 0 Å². The highest BCUT2D eigenvalue weighted by Crippen LogP contribution is 2.15. The molecule has 1 unspecified atom stereocenters. The minimum absolute atomic E-state index is 0.244. The van der Waals surface area contributed by atoms with Crippen molar-refractivity contribution in [2.24, 2.45) is 5.73 Å². The topological polar surface area (TPSA) is 43.8 Å². The molecule has 84 valence electrons. The van der Waals surface area contributed by atoms with Gasteiger partial charge < -0.3 is 5.73 Å². The van der Waals surface area contributed by atoms with Gasteiger partial charge in [-0.2, -0.15) is 5.10 Å². The van der Waals surface area contributed by atoms with E-state index in [1.807, 2.05) is 13.1 Å². The number of halogens is 1. The summed E-state index contributed by atoms with van der Waals surface area (Å²) in [6.07, 6.45) is 3.71. The quantitative estimate of drug-likeness (QED) is 0.858. The zero-order valence-electron chi connectivity index (χ0n) is 9.10. The highest BCUT2D eigenvalue weighted by molar-refractivity contribution is 5.32. The van der Waals surface area contributed by atoms with Crippen LogP contribution in [-0.2, 0) is 0 Å². The summed E-state index contributed by atoms with van der Waals surface area (Å²) in [5.41, 5.74) is 7.52. The lowest BCUT2D eigenvalue weighted by atomic mass is 10.1. The van der Waals surface area contributed by atoms with E-state index in [1.165, 1.54) is 12.1 Å². The van der Waals surface area contributed by atoms with Gasteiger partial charge in [0.25, 0.3) is 0 Å². The van der Waals surface area contributed by atoms with Crippen LogP contribution in [0.1, 0.15) is 18.4 Å². The Bertz CT molecular complexity index is 461. The maximum atomic E-state index is 12.7. The van der Waals surface area contributed by atoms with Gasteiger partial charge >= 0.3 is 0 Å². The van der Waals surface area contributed by atoms with Crippen molar-refractivity contribution >= 4 is 0 Å². The minimum atomic E-state index is -0.244. The molecule has 0 bridgehead atoms. The molecule has 1 aromatic carbocycles. The van der Waals surface area contributed by atoms with Crippen LogP contribution in [0.15, 0.2) is 36.7 Å². The Morgan fingerprint density at radius 3 is 2.69 bits per heavy atom. The highest BCUT2D eigenvalue weighted by atomic mass is 19.1. The van der Waals surface area contributed by atoms with Crippen LogP contribution in [0, 0.1) is 5.82 Å². The van der Waals surface area contributed by atoms with E-state index in [0.717, 1.165) is 11.3 Å². The molecule has 0 aliphatic rings. The Hall–Kier alpha value is -1.68. The van der Waals surface area contributed by atoms with Crippen molar-refractivity contribution in [3.8, 4) is 5.69 Å². The first kappa shape index (κ1) is 10.8. The molecule has 0 radical (unpaired) electrons. The second kappa shape index (κ2) is 4.45. The lowest BCUT2D eigenvalue weighted by Crippen LogP contribution is -2.07. The van der Waals surface area contributed by atoms with Crippen molar-refractivity contribution in [3.63, 3.8) is 0 Å². The molecular weight excluding hydrogens is 205 g/mol. The number of rotatable bonds is 3. The molecule has 2 aromatic rings. The third-order valence-electron chi connectivity index (χ3n) is 2.62. The lowest BCUT2D eigenvalue weighted by molar-refractivity contribution is 0.627. The van der Waals surface area contributed by atoms with Crippen molar-refractivity contribution in [3.05, 3.63) is 48.0 Å². The van der Waals surface area contributed by atoms with Gasteiger partial charge in [0.1, 0.15) is 5.82 Å². The monoisotopic (exact) mass is 219 g/mol. The molecule has 0 saturated carbocycles. The zero-order chi connectivity index (χ0) is 11.5. The molecule has 0 amide bonds. The molecule has 2 rings (SSSR count). The van der Waals surface area contributed by atoms with Gasteiger partial charge in [-0.05, 0) is 42.3 Å². The number of hydrogen-bond acceptors (Lipinski definition) is 2. The van der Waals surface area contributed by atoms with Gasteiger partial charge in [-0.1, -0.05) is 6.92 Å². The third kappa shape index (κ3) is 2.12. The van der Waals surface area contributed by atoms with Crippen molar-refractivity contribution in [2.75, 3.05) is 6.54 Å². The van der Waals surface area contributed by atoms with Crippen LogP contribution in [0.5, 0.6) is 0 Å². The summed E-state index contributed by atoms with van der Waals surface area (Å²) in [5.74, 6) is 0.0423. The van der Waals surface area contributed by atoms with E-state index in [1.54, 1.807) is 23.0 Å². The van der Waals surface area contributed by atoms with E-state index in [9.17, 15) is 4.39 Å². The fourth-order valence-electron chi connectivity index (χ4n) is 1.46. The van der Waals surface area contributed by atoms with Crippen molar-refractivity contribution in [1.82, 2.24) is 9.78 Å². The molecule has 16 heavy (non-hydrogen) atoms. The van der Waals surface area contributed by atoms with Gasteiger partial charge in [0.05, 0.1) is 11.9 Å². The molecule has 0 saturated heterocycles. The molecule has 3 nitrogen and oxygen atoms in total. The maximum Gasteiger partial charge on any atom is 0.123 e. The lowest BCUT2D eigenvalue weighted by Gasteiger charge is -2.03. The smallest absolute Gasteiger partial charge is 0.123 e. The van der Waals surface area contributed by atoms with Crippen molar-refractivity contribution in [1.29, 1.82) is 0 Å². The van der Waals surface area contributed by atoms with Gasteiger partial charge in [0.2, 0.25) is 0 Å². The van der Waals surface area contributed by atoms with E-state index >= 15 is 0 Å². The van der Waals surface area contributed by atoms with Crippen LogP contribution >= 0.6 is 0 Å². The predicted molar refractivity (Wildman–Crippen MR) is 61.0 cm³/mol. The SMILES string of the molecule is CC(CN)c1cnn(-c2ccc(F)cc2)c1. The number of aromatic nitrogens is 2. The van der Waals surface area contributed by atoms with E-state index in [-0.39, 0.29) is 11.7 Å². The van der Waals surface area contributed by atoms with Crippen LogP contribution in [0.4, 0.5) is 4.39 Å². The van der Waals surface area contributed by atoms with Crippen LogP contribution < -0.4 is 5.73 Å². The van der Waals surface area contributed by atoms with Crippen LogP contribution in [-0.4, -0.2) is 16.3 Å². The van der Waals surface area contributed by atoms with Gasteiger partial charge in [0, 0.05) is 6.20 Å². The number of nitrogens with zero attached hydrogens (tertiary/aromatic N) is 2. The van der Waals surface area contributed by atoms with Gasteiger partial charge in [0.15, 0.2) is 0 Å². The first-order chi connectivity index (χ1) is 7.70. The Balaban J connectivity index is 2.28. The molecule has 0 spiro atoms. The molecule has 1 atom stereocenters. The normalized spacial score (nSPS) is 12.7. The van der Waals surface area contributed by atoms with Gasteiger partial charge in [-0.25, -0.2) is 9.07 Å². The summed E-state index contributed by atoms with van der Waals surface area (Å²) in [7, 11) is 0. The molecule has 2 N–H and O–H groups in total. The van der Waals surface area contributed by atoms with Crippen molar-refractivity contribution in [2.45, 2.75) is 12.8 Å². The zero-order valence-corrected chi connectivity index (χ0v) is 9.10. The minimum Gasteiger partial charge on any atom is -0.330 e. The first-order valence-electron chi connectivity index (χ1n) is 5.21. The standard InChI is InChI=1S/C12H14FN3/c1-9(6-14)10-7-15-16(8-10)12-4-2-11(13)3-5-12/h2-5,7-9H,6,14H2,1H3. The molecular formula is C12H14FN3. The molecule has 0 fully saturated rings. The first-order valence-corrected chi connectivity index (χ1v) is 5.21. The summed E-state index contributed by atoms with van der Waals surface area (Å²) in [6.45, 7) is 2.64. The summed E-state index contributed by atoms with van der Waals surface area (Å²) in [6, 6.07) is 6.23.